The fourth-order valence-corrected chi connectivity index (χ4v) is 3.60. The number of para-hydroxylation sites is 2. The predicted octanol–water partition coefficient (Wildman–Crippen LogP) is 4.74. The van der Waals surface area contributed by atoms with Crippen LogP contribution in [0.2, 0.25) is 0 Å². The van der Waals surface area contributed by atoms with Gasteiger partial charge in [0.2, 0.25) is 5.91 Å². The van der Waals surface area contributed by atoms with Crippen LogP contribution in [0, 0.1) is 5.41 Å². The van der Waals surface area contributed by atoms with Gasteiger partial charge >= 0.3 is 0 Å². The summed E-state index contributed by atoms with van der Waals surface area (Å²) in [4.78, 5) is 26.2. The maximum Gasteiger partial charge on any atom is 0.251 e. The molecule has 0 saturated carbocycles. The highest BCUT2D eigenvalue weighted by atomic mass is 16.5. The van der Waals surface area contributed by atoms with E-state index in [1.165, 1.54) is 0 Å². The molecule has 4 aromatic carbocycles. The molecule has 1 unspecified atom stereocenters. The van der Waals surface area contributed by atoms with E-state index in [9.17, 15) is 9.59 Å². The Morgan fingerprint density at radius 1 is 0.778 bits per heavy atom. The van der Waals surface area contributed by atoms with E-state index < -0.39 is 11.9 Å². The van der Waals surface area contributed by atoms with E-state index in [4.69, 9.17) is 15.9 Å². The SMILES string of the molecule is N=C(N)c1ccc(C(=O)NC(Cc2cccc(Oc3ccccc3)c2)C(=O)Nc2ccccc2)cc1. The number of anilines is 1. The number of carbonyl (C=O) groups excluding carboxylic acids is 2. The Hall–Kier alpha value is -4.91. The summed E-state index contributed by atoms with van der Waals surface area (Å²) in [5, 5.41) is 13.2. The monoisotopic (exact) mass is 478 g/mol. The summed E-state index contributed by atoms with van der Waals surface area (Å²) in [5.74, 6) is 0.501. The molecule has 36 heavy (non-hydrogen) atoms. The number of nitrogens with one attached hydrogen (secondary N) is 3. The van der Waals surface area contributed by atoms with E-state index in [1.54, 1.807) is 36.4 Å². The van der Waals surface area contributed by atoms with Crippen molar-refractivity contribution in [1.29, 1.82) is 5.41 Å². The molecule has 0 aliphatic rings. The van der Waals surface area contributed by atoms with Gasteiger partial charge in [0.25, 0.3) is 5.91 Å². The Morgan fingerprint density at radius 3 is 2.06 bits per heavy atom. The molecule has 0 spiro atoms. The van der Waals surface area contributed by atoms with Gasteiger partial charge < -0.3 is 21.1 Å². The summed E-state index contributed by atoms with van der Waals surface area (Å²) in [6, 6.07) is 31.4. The first-order valence-electron chi connectivity index (χ1n) is 11.4. The van der Waals surface area contributed by atoms with Crippen molar-refractivity contribution in [3.05, 3.63) is 126 Å². The van der Waals surface area contributed by atoms with Crippen LogP contribution in [0.5, 0.6) is 11.5 Å². The molecule has 7 heteroatoms. The molecule has 1 atom stereocenters. The quantitative estimate of drug-likeness (QED) is 0.205. The fraction of sp³-hybridized carbons (Fsp3) is 0.0690. The molecule has 0 saturated heterocycles. The van der Waals surface area contributed by atoms with Crippen molar-refractivity contribution < 1.29 is 14.3 Å². The number of amides is 2. The zero-order chi connectivity index (χ0) is 25.3. The lowest BCUT2D eigenvalue weighted by Gasteiger charge is -2.19. The number of amidine groups is 1. The Balaban J connectivity index is 1.53. The van der Waals surface area contributed by atoms with Gasteiger partial charge in [-0.1, -0.05) is 60.7 Å². The third-order valence-corrected chi connectivity index (χ3v) is 5.44. The second-order valence-electron chi connectivity index (χ2n) is 8.14. The summed E-state index contributed by atoms with van der Waals surface area (Å²) in [6.07, 6.45) is 0.252. The van der Waals surface area contributed by atoms with Crippen molar-refractivity contribution in [3.8, 4) is 11.5 Å². The van der Waals surface area contributed by atoms with Gasteiger partial charge in [-0.3, -0.25) is 15.0 Å². The number of hydrogen-bond donors (Lipinski definition) is 4. The molecule has 0 aliphatic heterocycles. The minimum atomic E-state index is -0.850. The third-order valence-electron chi connectivity index (χ3n) is 5.44. The van der Waals surface area contributed by atoms with Gasteiger partial charge in [-0.25, -0.2) is 0 Å². The van der Waals surface area contributed by atoms with Gasteiger partial charge in [0.15, 0.2) is 0 Å². The zero-order valence-corrected chi connectivity index (χ0v) is 19.5. The van der Waals surface area contributed by atoms with Gasteiger partial charge in [0.05, 0.1) is 0 Å². The summed E-state index contributed by atoms with van der Waals surface area (Å²) in [7, 11) is 0. The predicted molar refractivity (Wildman–Crippen MR) is 140 cm³/mol. The van der Waals surface area contributed by atoms with Crippen molar-refractivity contribution in [2.75, 3.05) is 5.32 Å². The first-order chi connectivity index (χ1) is 17.5. The summed E-state index contributed by atoms with van der Waals surface area (Å²) in [5.41, 5.74) is 7.83. The van der Waals surface area contributed by atoms with Gasteiger partial charge in [0.1, 0.15) is 23.4 Å². The summed E-state index contributed by atoms with van der Waals surface area (Å²) in [6.45, 7) is 0. The molecule has 180 valence electrons. The van der Waals surface area contributed by atoms with Crippen LogP contribution >= 0.6 is 0 Å². The molecular weight excluding hydrogens is 452 g/mol. The van der Waals surface area contributed by atoms with Crippen molar-refractivity contribution >= 4 is 23.3 Å². The molecule has 0 aromatic heterocycles. The zero-order valence-electron chi connectivity index (χ0n) is 19.5. The van der Waals surface area contributed by atoms with E-state index in [1.807, 2.05) is 72.8 Å². The number of ether oxygens (including phenoxy) is 1. The highest BCUT2D eigenvalue weighted by Crippen LogP contribution is 2.22. The number of benzene rings is 4. The third kappa shape index (κ3) is 6.57. The van der Waals surface area contributed by atoms with E-state index >= 15 is 0 Å². The lowest BCUT2D eigenvalue weighted by Crippen LogP contribution is -2.45. The fourth-order valence-electron chi connectivity index (χ4n) is 3.60. The van der Waals surface area contributed by atoms with Gasteiger partial charge in [-0.05, 0) is 54.1 Å². The largest absolute Gasteiger partial charge is 0.457 e. The Labute approximate surface area is 209 Å². The van der Waals surface area contributed by atoms with Crippen molar-refractivity contribution in [2.24, 2.45) is 5.73 Å². The molecule has 0 aliphatic carbocycles. The number of carbonyl (C=O) groups is 2. The first-order valence-corrected chi connectivity index (χ1v) is 11.4. The summed E-state index contributed by atoms with van der Waals surface area (Å²) < 4.78 is 5.92. The van der Waals surface area contributed by atoms with Crippen LogP contribution in [-0.4, -0.2) is 23.7 Å². The number of rotatable bonds is 9. The average Bonchev–Trinajstić information content (AvgIpc) is 2.89. The van der Waals surface area contributed by atoms with E-state index in [0.717, 1.165) is 5.56 Å². The maximum absolute atomic E-state index is 13.2. The van der Waals surface area contributed by atoms with Crippen molar-refractivity contribution in [2.45, 2.75) is 12.5 Å². The Bertz CT molecular complexity index is 1340. The van der Waals surface area contributed by atoms with Crippen LogP contribution in [0.3, 0.4) is 0 Å². The van der Waals surface area contributed by atoms with Crippen LogP contribution in [0.4, 0.5) is 5.69 Å². The molecule has 0 heterocycles. The normalized spacial score (nSPS) is 11.2. The van der Waals surface area contributed by atoms with Crippen molar-refractivity contribution in [1.82, 2.24) is 5.32 Å². The summed E-state index contributed by atoms with van der Waals surface area (Å²) >= 11 is 0. The molecule has 2 amide bonds. The van der Waals surface area contributed by atoms with E-state index in [2.05, 4.69) is 10.6 Å². The van der Waals surface area contributed by atoms with E-state index in [-0.39, 0.29) is 18.2 Å². The van der Waals surface area contributed by atoms with E-state index in [0.29, 0.717) is 28.3 Å². The van der Waals surface area contributed by atoms with Crippen LogP contribution in [0.15, 0.2) is 109 Å². The highest BCUT2D eigenvalue weighted by Gasteiger charge is 2.22. The smallest absolute Gasteiger partial charge is 0.251 e. The van der Waals surface area contributed by atoms with Gasteiger partial charge in [-0.2, -0.15) is 0 Å². The molecule has 4 aromatic rings. The molecule has 0 radical (unpaired) electrons. The molecular formula is C29H26N4O3. The minimum Gasteiger partial charge on any atom is -0.457 e. The molecule has 0 fully saturated rings. The topological polar surface area (TPSA) is 117 Å². The lowest BCUT2D eigenvalue weighted by atomic mass is 10.0. The Kier molecular flexibility index (Phi) is 7.73. The average molecular weight is 479 g/mol. The first kappa shape index (κ1) is 24.2. The lowest BCUT2D eigenvalue weighted by molar-refractivity contribution is -0.118. The van der Waals surface area contributed by atoms with Crippen LogP contribution in [0.1, 0.15) is 21.5 Å². The molecule has 5 N–H and O–H groups in total. The highest BCUT2D eigenvalue weighted by molar-refractivity contribution is 6.02. The standard InChI is InChI=1S/C29H26N4O3/c30-27(31)21-14-16-22(17-15-21)28(34)33-26(29(35)32-23-9-3-1-4-10-23)19-20-8-7-13-25(18-20)36-24-11-5-2-6-12-24/h1-18,26H,19H2,(H3,30,31)(H,32,35)(H,33,34). The maximum atomic E-state index is 13.2. The minimum absolute atomic E-state index is 0.0836. The van der Waals surface area contributed by atoms with Crippen LogP contribution < -0.4 is 21.1 Å². The second-order valence-corrected chi connectivity index (χ2v) is 8.14. The van der Waals surface area contributed by atoms with Crippen LogP contribution in [-0.2, 0) is 11.2 Å². The number of nitrogen functional groups attached to an aromatic ring is 1. The molecule has 0 bridgehead atoms. The Morgan fingerprint density at radius 2 is 1.39 bits per heavy atom. The van der Waals surface area contributed by atoms with Crippen LogP contribution in [0.25, 0.3) is 0 Å². The molecule has 7 nitrogen and oxygen atoms in total. The van der Waals surface area contributed by atoms with Gasteiger partial charge in [0, 0.05) is 23.2 Å². The number of nitrogens with two attached hydrogens (primary N) is 1. The molecule has 4 rings (SSSR count). The second kappa shape index (κ2) is 11.5. The van der Waals surface area contributed by atoms with Crippen molar-refractivity contribution in [3.63, 3.8) is 0 Å². The number of hydrogen-bond acceptors (Lipinski definition) is 4. The van der Waals surface area contributed by atoms with Gasteiger partial charge in [-0.15, -0.1) is 0 Å².